The lowest BCUT2D eigenvalue weighted by Gasteiger charge is -2.32. The van der Waals surface area contributed by atoms with Crippen LogP contribution in [-0.2, 0) is 9.84 Å². The van der Waals surface area contributed by atoms with Gasteiger partial charge in [-0.15, -0.1) is 0 Å². The molecule has 0 saturated carbocycles. The first-order chi connectivity index (χ1) is 8.32. The van der Waals surface area contributed by atoms with Crippen molar-refractivity contribution in [2.24, 2.45) is 0 Å². The summed E-state index contributed by atoms with van der Waals surface area (Å²) >= 11 is 0. The van der Waals surface area contributed by atoms with E-state index in [0.717, 1.165) is 25.9 Å². The number of rotatable bonds is 7. The third-order valence-corrected chi connectivity index (χ3v) is 5.55. The predicted octanol–water partition coefficient (Wildman–Crippen LogP) is -0.144. The summed E-state index contributed by atoms with van der Waals surface area (Å²) in [4.78, 5) is 2.11. The van der Waals surface area contributed by atoms with Crippen LogP contribution in [0.3, 0.4) is 0 Å². The average molecular weight is 278 g/mol. The molecule has 0 bridgehead atoms. The van der Waals surface area contributed by atoms with Crippen LogP contribution in [0.4, 0.5) is 0 Å². The van der Waals surface area contributed by atoms with Gasteiger partial charge in [0.2, 0.25) is 0 Å². The monoisotopic (exact) mass is 278 g/mol. The lowest BCUT2D eigenvalue weighted by Crippen LogP contribution is -2.48. The zero-order valence-electron chi connectivity index (χ0n) is 11.6. The summed E-state index contributed by atoms with van der Waals surface area (Å²) < 4.78 is 22.9. The highest BCUT2D eigenvalue weighted by Gasteiger charge is 2.31. The number of aliphatic hydroxyl groups is 1. The highest BCUT2D eigenvalue weighted by molar-refractivity contribution is 7.91. The molecule has 0 aromatic carbocycles. The molecule has 5 nitrogen and oxygen atoms in total. The normalized spacial score (nSPS) is 26.4. The zero-order valence-corrected chi connectivity index (χ0v) is 12.5. The molecule has 108 valence electrons. The Balaban J connectivity index is 2.43. The van der Waals surface area contributed by atoms with E-state index in [9.17, 15) is 13.5 Å². The van der Waals surface area contributed by atoms with Crippen molar-refractivity contribution in [2.75, 3.05) is 38.2 Å². The molecule has 2 atom stereocenters. The summed E-state index contributed by atoms with van der Waals surface area (Å²) in [6, 6.07) is 0.138. The van der Waals surface area contributed by atoms with Crippen molar-refractivity contribution in [3.05, 3.63) is 0 Å². The molecule has 0 radical (unpaired) electrons. The van der Waals surface area contributed by atoms with Gasteiger partial charge < -0.3 is 15.3 Å². The van der Waals surface area contributed by atoms with Gasteiger partial charge in [-0.3, -0.25) is 0 Å². The molecule has 2 unspecified atom stereocenters. The first kappa shape index (κ1) is 15.9. The minimum absolute atomic E-state index is 0.0949. The van der Waals surface area contributed by atoms with Crippen LogP contribution in [0.5, 0.6) is 0 Å². The van der Waals surface area contributed by atoms with Gasteiger partial charge in [-0.2, -0.15) is 0 Å². The Morgan fingerprint density at radius 1 is 1.50 bits per heavy atom. The fraction of sp³-hybridized carbons (Fsp3) is 1.00. The molecule has 1 saturated heterocycles. The maximum atomic E-state index is 11.4. The molecular formula is C12H26N2O3S. The lowest BCUT2D eigenvalue weighted by atomic mass is 9.98. The summed E-state index contributed by atoms with van der Waals surface area (Å²) in [6.07, 6.45) is 1.54. The molecule has 1 fully saturated rings. The van der Waals surface area contributed by atoms with E-state index in [2.05, 4.69) is 10.2 Å². The van der Waals surface area contributed by atoms with Gasteiger partial charge in [-0.05, 0) is 39.9 Å². The van der Waals surface area contributed by atoms with Gasteiger partial charge in [-0.1, -0.05) is 6.92 Å². The molecule has 0 amide bonds. The van der Waals surface area contributed by atoms with Crippen molar-refractivity contribution < 1.29 is 13.5 Å². The molecule has 1 aliphatic rings. The number of aliphatic hydroxyl groups excluding tert-OH is 1. The summed E-state index contributed by atoms with van der Waals surface area (Å²) in [5.41, 5.74) is -0.277. The lowest BCUT2D eigenvalue weighted by molar-refractivity contribution is 0.145. The van der Waals surface area contributed by atoms with Crippen molar-refractivity contribution in [2.45, 2.75) is 38.3 Å². The number of hydrogen-bond donors (Lipinski definition) is 2. The summed E-state index contributed by atoms with van der Waals surface area (Å²) in [5, 5.41) is 12.7. The van der Waals surface area contributed by atoms with E-state index in [1.54, 1.807) is 0 Å². The van der Waals surface area contributed by atoms with Crippen molar-refractivity contribution in [3.63, 3.8) is 0 Å². The first-order valence-electron chi connectivity index (χ1n) is 6.58. The van der Waals surface area contributed by atoms with Crippen LogP contribution >= 0.6 is 0 Å². The van der Waals surface area contributed by atoms with E-state index >= 15 is 0 Å². The molecule has 18 heavy (non-hydrogen) atoms. The Morgan fingerprint density at radius 2 is 2.17 bits per heavy atom. The van der Waals surface area contributed by atoms with Gasteiger partial charge in [0.05, 0.1) is 18.1 Å². The van der Waals surface area contributed by atoms with E-state index in [1.807, 2.05) is 20.9 Å². The van der Waals surface area contributed by atoms with Crippen LogP contribution in [0.25, 0.3) is 0 Å². The maximum Gasteiger partial charge on any atom is 0.151 e. The Kier molecular flexibility index (Phi) is 5.58. The number of sulfone groups is 1. The molecule has 1 rings (SSSR count). The van der Waals surface area contributed by atoms with E-state index in [-0.39, 0.29) is 23.9 Å². The third kappa shape index (κ3) is 4.50. The van der Waals surface area contributed by atoms with Crippen LogP contribution in [0.1, 0.15) is 26.7 Å². The second-order valence-corrected chi connectivity index (χ2v) is 7.77. The van der Waals surface area contributed by atoms with Gasteiger partial charge in [0.1, 0.15) is 0 Å². The quantitative estimate of drug-likeness (QED) is 0.678. The molecule has 1 aliphatic heterocycles. The fourth-order valence-electron chi connectivity index (χ4n) is 2.38. The van der Waals surface area contributed by atoms with E-state index < -0.39 is 9.84 Å². The molecule has 0 aliphatic carbocycles. The second-order valence-electron chi connectivity index (χ2n) is 5.54. The van der Waals surface area contributed by atoms with Crippen molar-refractivity contribution in [1.29, 1.82) is 0 Å². The van der Waals surface area contributed by atoms with E-state index in [1.165, 1.54) is 0 Å². The van der Waals surface area contributed by atoms with Crippen LogP contribution in [-0.4, -0.2) is 68.3 Å². The van der Waals surface area contributed by atoms with E-state index in [4.69, 9.17) is 0 Å². The maximum absolute atomic E-state index is 11.4. The molecule has 1 heterocycles. The van der Waals surface area contributed by atoms with Crippen molar-refractivity contribution in [3.8, 4) is 0 Å². The molecule has 0 aromatic rings. The SMILES string of the molecule is CCNC(C)(CO)CCN(C)C1CCS(=O)(=O)C1. The van der Waals surface area contributed by atoms with Crippen LogP contribution in [0.2, 0.25) is 0 Å². The Labute approximate surface area is 110 Å². The number of likely N-dealkylation sites (N-methyl/N-ethyl adjacent to an activating group) is 1. The average Bonchev–Trinajstić information content (AvgIpc) is 2.67. The van der Waals surface area contributed by atoms with E-state index in [0.29, 0.717) is 5.75 Å². The van der Waals surface area contributed by atoms with Crippen molar-refractivity contribution >= 4 is 9.84 Å². The fourth-order valence-corrected chi connectivity index (χ4v) is 4.18. The Morgan fingerprint density at radius 3 is 2.61 bits per heavy atom. The Bertz CT molecular complexity index is 358. The topological polar surface area (TPSA) is 69.6 Å². The highest BCUT2D eigenvalue weighted by atomic mass is 32.2. The summed E-state index contributed by atoms with van der Waals surface area (Å²) in [7, 11) is -0.849. The third-order valence-electron chi connectivity index (χ3n) is 3.80. The van der Waals surface area contributed by atoms with Gasteiger partial charge in [0.15, 0.2) is 9.84 Å². The molecular weight excluding hydrogens is 252 g/mol. The summed E-state index contributed by atoms with van der Waals surface area (Å²) in [6.45, 7) is 5.72. The minimum Gasteiger partial charge on any atom is -0.394 e. The van der Waals surface area contributed by atoms with Gasteiger partial charge in [0.25, 0.3) is 0 Å². The van der Waals surface area contributed by atoms with Crippen molar-refractivity contribution in [1.82, 2.24) is 10.2 Å². The Hall–Kier alpha value is -0.170. The molecule has 0 aromatic heterocycles. The first-order valence-corrected chi connectivity index (χ1v) is 8.40. The molecule has 6 heteroatoms. The van der Waals surface area contributed by atoms with Gasteiger partial charge in [-0.25, -0.2) is 8.42 Å². The largest absolute Gasteiger partial charge is 0.394 e. The number of nitrogens with one attached hydrogen (secondary N) is 1. The number of hydrogen-bond acceptors (Lipinski definition) is 5. The summed E-state index contributed by atoms with van der Waals surface area (Å²) in [5.74, 6) is 0.590. The zero-order chi connectivity index (χ0) is 13.8. The van der Waals surface area contributed by atoms with Crippen LogP contribution in [0.15, 0.2) is 0 Å². The second kappa shape index (κ2) is 6.32. The standard InChI is InChI=1S/C12H26N2O3S/c1-4-13-12(2,10-15)6-7-14(3)11-5-8-18(16,17)9-11/h11,13,15H,4-10H2,1-3H3. The molecule has 0 spiro atoms. The van der Waals surface area contributed by atoms with Crippen LogP contribution in [0, 0.1) is 0 Å². The smallest absolute Gasteiger partial charge is 0.151 e. The highest BCUT2D eigenvalue weighted by Crippen LogP contribution is 2.18. The molecule has 2 N–H and O–H groups in total. The number of nitrogens with zero attached hydrogens (tertiary/aromatic N) is 1. The van der Waals surface area contributed by atoms with Gasteiger partial charge >= 0.3 is 0 Å². The van der Waals surface area contributed by atoms with Crippen LogP contribution < -0.4 is 5.32 Å². The van der Waals surface area contributed by atoms with Gasteiger partial charge in [0, 0.05) is 11.6 Å². The predicted molar refractivity (Wildman–Crippen MR) is 73.5 cm³/mol. The minimum atomic E-state index is -2.82.